The van der Waals surface area contributed by atoms with E-state index in [0.717, 1.165) is 6.42 Å². The number of rotatable bonds is 8. The van der Waals surface area contributed by atoms with Gasteiger partial charge in [-0.3, -0.25) is 0 Å². The maximum absolute atomic E-state index is 6.35. The second-order valence-electron chi connectivity index (χ2n) is 8.69. The predicted molar refractivity (Wildman–Crippen MR) is 110 cm³/mol. The van der Waals surface area contributed by atoms with Crippen LogP contribution < -0.4 is 0 Å². The molecule has 2 unspecified atom stereocenters. The van der Waals surface area contributed by atoms with Gasteiger partial charge in [-0.2, -0.15) is 0 Å². The molecule has 0 N–H and O–H groups in total. The average molecular weight is 351 g/mol. The minimum atomic E-state index is -1.61. The van der Waals surface area contributed by atoms with Crippen molar-refractivity contribution in [1.29, 1.82) is 0 Å². The normalized spacial score (nSPS) is 22.1. The van der Waals surface area contributed by atoms with Crippen molar-refractivity contribution in [2.75, 3.05) is 0 Å². The van der Waals surface area contributed by atoms with Crippen molar-refractivity contribution >= 4 is 8.07 Å². The van der Waals surface area contributed by atoms with Gasteiger partial charge in [-0.1, -0.05) is 80.1 Å². The Morgan fingerprint density at radius 3 is 2.08 bits per heavy atom. The highest BCUT2D eigenvalue weighted by molar-refractivity contribution is 6.90. The summed E-state index contributed by atoms with van der Waals surface area (Å²) in [6.45, 7) is 16.6. The Morgan fingerprint density at radius 1 is 0.917 bits per heavy atom. The lowest BCUT2D eigenvalue weighted by Crippen LogP contribution is -2.43. The van der Waals surface area contributed by atoms with Crippen LogP contribution in [0.25, 0.3) is 0 Å². The molecule has 0 bridgehead atoms. The molecule has 24 heavy (non-hydrogen) atoms. The molecule has 1 aliphatic rings. The average Bonchev–Trinajstić information content (AvgIpc) is 2.51. The first-order valence-electron chi connectivity index (χ1n) is 10.5. The van der Waals surface area contributed by atoms with Gasteiger partial charge in [-0.25, -0.2) is 0 Å². The summed E-state index contributed by atoms with van der Waals surface area (Å²) in [6.07, 6.45) is 10.9. The monoisotopic (exact) mass is 350 g/mol. The summed E-state index contributed by atoms with van der Waals surface area (Å²) in [5.41, 5.74) is 5.98. The van der Waals surface area contributed by atoms with E-state index in [9.17, 15) is 0 Å². The Bertz CT molecular complexity index is 380. The molecule has 0 amide bonds. The molecule has 0 aliphatic carbocycles. The van der Waals surface area contributed by atoms with E-state index in [1.807, 2.05) is 0 Å². The molecule has 1 nitrogen and oxygen atoms in total. The fourth-order valence-corrected chi connectivity index (χ4v) is 9.93. The van der Waals surface area contributed by atoms with E-state index in [1.54, 1.807) is 0 Å². The molecular weight excluding hydrogens is 308 g/mol. The van der Waals surface area contributed by atoms with E-state index in [0.29, 0.717) is 22.7 Å². The summed E-state index contributed by atoms with van der Waals surface area (Å²) in [5, 5.41) is 0. The first-order valence-corrected chi connectivity index (χ1v) is 12.8. The highest BCUT2D eigenvalue weighted by atomic mass is 28.3. The van der Waals surface area contributed by atoms with E-state index < -0.39 is 8.07 Å². The molecule has 1 saturated heterocycles. The summed E-state index contributed by atoms with van der Waals surface area (Å²) in [4.78, 5) is 0. The van der Waals surface area contributed by atoms with Gasteiger partial charge in [0.15, 0.2) is 0 Å². The Labute approximate surface area is 153 Å². The summed E-state index contributed by atoms with van der Waals surface area (Å²) >= 11 is 0. The molecule has 0 aromatic rings. The van der Waals surface area contributed by atoms with Crippen LogP contribution in [0.2, 0.25) is 16.6 Å². The summed E-state index contributed by atoms with van der Waals surface area (Å²) < 4.78 is 6.35. The van der Waals surface area contributed by atoms with Crippen LogP contribution in [0.5, 0.6) is 0 Å². The van der Waals surface area contributed by atoms with Crippen LogP contribution >= 0.6 is 0 Å². The maximum atomic E-state index is 6.35. The molecule has 1 fully saturated rings. The smallest absolute Gasteiger partial charge is 0.146 e. The fourth-order valence-electron chi connectivity index (χ4n) is 4.66. The van der Waals surface area contributed by atoms with Crippen LogP contribution in [0.15, 0.2) is 0 Å². The highest BCUT2D eigenvalue weighted by Gasteiger charge is 2.41. The maximum Gasteiger partial charge on any atom is 0.146 e. The largest absolute Gasteiger partial charge is 0.362 e. The standard InChI is InChI=1S/C22H42OSi/c1-8-9-10-11-13-21-14-12-15-22(23-21)16-17-24(18(2)3,19(4)5)20(6)7/h18-22H,8-15H2,1-7H3. The van der Waals surface area contributed by atoms with E-state index in [-0.39, 0.29) is 6.10 Å². The van der Waals surface area contributed by atoms with Crippen LogP contribution in [0.4, 0.5) is 0 Å². The van der Waals surface area contributed by atoms with Gasteiger partial charge in [-0.15, -0.1) is 5.54 Å². The Morgan fingerprint density at radius 2 is 1.54 bits per heavy atom. The van der Waals surface area contributed by atoms with Gasteiger partial charge in [0.2, 0.25) is 0 Å². The van der Waals surface area contributed by atoms with Crippen LogP contribution in [-0.4, -0.2) is 20.3 Å². The highest BCUT2D eigenvalue weighted by Crippen LogP contribution is 2.40. The SMILES string of the molecule is CCCCCCC1CCCC(C#C[Si](C(C)C)(C(C)C)C(C)C)O1. The zero-order valence-corrected chi connectivity index (χ0v) is 18.5. The molecule has 0 aromatic heterocycles. The first kappa shape index (κ1) is 21.8. The Hall–Kier alpha value is -0.263. The van der Waals surface area contributed by atoms with Crippen molar-refractivity contribution in [3.05, 3.63) is 0 Å². The van der Waals surface area contributed by atoms with Gasteiger partial charge < -0.3 is 4.74 Å². The van der Waals surface area contributed by atoms with E-state index in [2.05, 4.69) is 59.9 Å². The summed E-state index contributed by atoms with van der Waals surface area (Å²) in [7, 11) is -1.61. The van der Waals surface area contributed by atoms with Gasteiger partial charge in [0.25, 0.3) is 0 Å². The Balaban J connectivity index is 2.71. The second-order valence-corrected chi connectivity index (χ2v) is 14.3. The van der Waals surface area contributed by atoms with Gasteiger partial charge in [0.1, 0.15) is 14.2 Å². The van der Waals surface area contributed by atoms with Crippen molar-refractivity contribution in [3.8, 4) is 11.5 Å². The molecule has 0 saturated carbocycles. The lowest BCUT2D eigenvalue weighted by atomic mass is 10.00. The molecule has 0 aromatic carbocycles. The van der Waals surface area contributed by atoms with Crippen LogP contribution in [0, 0.1) is 11.5 Å². The van der Waals surface area contributed by atoms with Crippen molar-refractivity contribution in [3.63, 3.8) is 0 Å². The molecule has 0 radical (unpaired) electrons. The third kappa shape index (κ3) is 5.92. The number of unbranched alkanes of at least 4 members (excludes halogenated alkanes) is 3. The second kappa shape index (κ2) is 10.7. The fraction of sp³-hybridized carbons (Fsp3) is 0.909. The van der Waals surface area contributed by atoms with Crippen molar-refractivity contribution in [2.45, 2.75) is 129 Å². The van der Waals surface area contributed by atoms with E-state index in [1.165, 1.54) is 44.9 Å². The van der Waals surface area contributed by atoms with Gasteiger partial charge in [0.05, 0.1) is 6.10 Å². The van der Waals surface area contributed by atoms with Crippen molar-refractivity contribution in [2.24, 2.45) is 0 Å². The van der Waals surface area contributed by atoms with Crippen LogP contribution in [0.1, 0.15) is 99.8 Å². The van der Waals surface area contributed by atoms with E-state index in [4.69, 9.17) is 4.74 Å². The zero-order valence-electron chi connectivity index (χ0n) is 17.5. The third-order valence-electron chi connectivity index (χ3n) is 6.04. The first-order chi connectivity index (χ1) is 11.3. The summed E-state index contributed by atoms with van der Waals surface area (Å²) in [5.74, 6) is 3.63. The van der Waals surface area contributed by atoms with Crippen LogP contribution in [0.3, 0.4) is 0 Å². The lowest BCUT2D eigenvalue weighted by Gasteiger charge is -2.38. The third-order valence-corrected chi connectivity index (χ3v) is 12.4. The molecule has 2 heteroatoms. The van der Waals surface area contributed by atoms with E-state index >= 15 is 0 Å². The molecular formula is C22H42OSi. The topological polar surface area (TPSA) is 9.23 Å². The quantitative estimate of drug-likeness (QED) is 0.257. The van der Waals surface area contributed by atoms with Crippen molar-refractivity contribution < 1.29 is 4.74 Å². The molecule has 0 spiro atoms. The number of ether oxygens (including phenoxy) is 1. The van der Waals surface area contributed by atoms with Gasteiger partial charge >= 0.3 is 0 Å². The molecule has 140 valence electrons. The van der Waals surface area contributed by atoms with Gasteiger partial charge in [0, 0.05) is 0 Å². The summed E-state index contributed by atoms with van der Waals surface area (Å²) in [6, 6.07) is 0. The molecule has 1 aliphatic heterocycles. The molecule has 1 heterocycles. The number of hydrogen-bond acceptors (Lipinski definition) is 1. The van der Waals surface area contributed by atoms with Crippen LogP contribution in [-0.2, 0) is 4.74 Å². The minimum absolute atomic E-state index is 0.193. The Kier molecular flexibility index (Phi) is 9.68. The van der Waals surface area contributed by atoms with Gasteiger partial charge in [-0.05, 0) is 42.3 Å². The molecule has 2 atom stereocenters. The van der Waals surface area contributed by atoms with Crippen molar-refractivity contribution in [1.82, 2.24) is 0 Å². The lowest BCUT2D eigenvalue weighted by molar-refractivity contribution is -0.0253. The predicted octanol–water partition coefficient (Wildman–Crippen LogP) is 7.12. The minimum Gasteiger partial charge on any atom is -0.362 e. The zero-order chi connectivity index (χ0) is 18.2. The molecule has 1 rings (SSSR count). The number of hydrogen-bond donors (Lipinski definition) is 0.